The fourth-order valence-corrected chi connectivity index (χ4v) is 6.51. The quantitative estimate of drug-likeness (QED) is 0.861. The first-order chi connectivity index (χ1) is 12.8. The van der Waals surface area contributed by atoms with Gasteiger partial charge in [-0.15, -0.1) is 0 Å². The molecule has 0 spiro atoms. The molecule has 1 amide bonds. The second-order valence-electron chi connectivity index (χ2n) is 9.18. The third-order valence-corrected chi connectivity index (χ3v) is 7.48. The summed E-state index contributed by atoms with van der Waals surface area (Å²) in [5.41, 5.74) is 0.949. The molecule has 0 saturated heterocycles. The molecule has 0 aromatic heterocycles. The smallest absolute Gasteiger partial charge is 0.326 e. The van der Waals surface area contributed by atoms with E-state index in [1.165, 1.54) is 16.9 Å². The molecule has 3 unspecified atom stereocenters. The van der Waals surface area contributed by atoms with Gasteiger partial charge in [-0.2, -0.15) is 0 Å². The first-order valence-corrected chi connectivity index (χ1v) is 9.93. The largest absolute Gasteiger partial charge is 0.497 e. The summed E-state index contributed by atoms with van der Waals surface area (Å²) in [6.45, 7) is 1.60. The molecule has 27 heavy (non-hydrogen) atoms. The summed E-state index contributed by atoms with van der Waals surface area (Å²) in [5.74, 6) is 1.06. The number of hydrogen-bond acceptors (Lipinski definition) is 3. The van der Waals surface area contributed by atoms with Gasteiger partial charge in [-0.25, -0.2) is 4.79 Å². The lowest BCUT2D eigenvalue weighted by Gasteiger charge is -2.62. The van der Waals surface area contributed by atoms with Gasteiger partial charge >= 0.3 is 5.97 Å². The standard InChI is InChI=1S/C22H29NO4/c1-14(19(24)25)23(2)20(26)22-11-15-8-16(12-22)10-21(9-15,13-22)17-4-6-18(27-3)7-5-17/h4-7,14-16H,8-13H2,1-3H3,(H,24,25). The van der Waals surface area contributed by atoms with Gasteiger partial charge in [-0.05, 0) is 80.4 Å². The lowest BCUT2D eigenvalue weighted by Crippen LogP contribution is -2.60. The predicted molar refractivity (Wildman–Crippen MR) is 102 cm³/mol. The minimum atomic E-state index is -0.944. The van der Waals surface area contributed by atoms with Gasteiger partial charge in [0, 0.05) is 7.05 Å². The SMILES string of the molecule is COc1ccc(C23CC4CC(CC(C(=O)N(C)C(C)C(=O)O)(C4)C2)C3)cc1. The van der Waals surface area contributed by atoms with Crippen LogP contribution in [-0.2, 0) is 15.0 Å². The van der Waals surface area contributed by atoms with Crippen molar-refractivity contribution in [1.29, 1.82) is 0 Å². The molecule has 1 aromatic rings. The van der Waals surface area contributed by atoms with Gasteiger partial charge in [0.1, 0.15) is 11.8 Å². The summed E-state index contributed by atoms with van der Waals surface area (Å²) in [7, 11) is 3.33. The fourth-order valence-electron chi connectivity index (χ4n) is 6.51. The zero-order valence-corrected chi connectivity index (χ0v) is 16.4. The summed E-state index contributed by atoms with van der Waals surface area (Å²) < 4.78 is 5.31. The molecule has 4 aliphatic carbocycles. The van der Waals surface area contributed by atoms with Crippen LogP contribution < -0.4 is 4.74 Å². The molecule has 0 heterocycles. The maximum absolute atomic E-state index is 13.5. The van der Waals surface area contributed by atoms with E-state index in [-0.39, 0.29) is 11.3 Å². The number of amides is 1. The highest BCUT2D eigenvalue weighted by Crippen LogP contribution is 2.66. The number of carboxylic acids is 1. The summed E-state index contributed by atoms with van der Waals surface area (Å²) in [6, 6.07) is 7.56. The van der Waals surface area contributed by atoms with Crippen LogP contribution in [0, 0.1) is 17.3 Å². The van der Waals surface area contributed by atoms with Crippen molar-refractivity contribution in [1.82, 2.24) is 4.90 Å². The normalized spacial score (nSPS) is 34.9. The Morgan fingerprint density at radius 3 is 2.26 bits per heavy atom. The number of methoxy groups -OCH3 is 1. The maximum atomic E-state index is 13.5. The molecule has 4 saturated carbocycles. The van der Waals surface area contributed by atoms with Crippen molar-refractivity contribution < 1.29 is 19.4 Å². The third kappa shape index (κ3) is 2.82. The van der Waals surface area contributed by atoms with Crippen LogP contribution in [0.5, 0.6) is 5.75 Å². The van der Waals surface area contributed by atoms with Gasteiger partial charge in [0.2, 0.25) is 5.91 Å². The molecule has 0 radical (unpaired) electrons. The average molecular weight is 371 g/mol. The Labute approximate surface area is 160 Å². The number of carbonyl (C=O) groups is 2. The lowest BCUT2D eigenvalue weighted by molar-refractivity contribution is -0.165. The molecule has 0 aliphatic heterocycles. The van der Waals surface area contributed by atoms with Crippen LogP contribution in [0.4, 0.5) is 0 Å². The number of aliphatic carboxylic acids is 1. The lowest BCUT2D eigenvalue weighted by atomic mass is 9.42. The van der Waals surface area contributed by atoms with Gasteiger partial charge in [0.05, 0.1) is 12.5 Å². The zero-order valence-electron chi connectivity index (χ0n) is 16.4. The number of hydrogen-bond donors (Lipinski definition) is 1. The summed E-state index contributed by atoms with van der Waals surface area (Å²) in [5, 5.41) is 9.36. The molecule has 3 atom stereocenters. The zero-order chi connectivity index (χ0) is 19.4. The Morgan fingerprint density at radius 2 is 1.74 bits per heavy atom. The van der Waals surface area contributed by atoms with Crippen molar-refractivity contribution in [3.05, 3.63) is 29.8 Å². The Bertz CT molecular complexity index is 742. The Kier molecular flexibility index (Phi) is 4.24. The van der Waals surface area contributed by atoms with E-state index in [9.17, 15) is 14.7 Å². The molecule has 1 aromatic carbocycles. The van der Waals surface area contributed by atoms with E-state index in [0.717, 1.165) is 37.9 Å². The summed E-state index contributed by atoms with van der Waals surface area (Å²) >= 11 is 0. The first kappa shape index (κ1) is 18.3. The van der Waals surface area contributed by atoms with E-state index in [0.29, 0.717) is 11.8 Å². The van der Waals surface area contributed by atoms with Gasteiger partial charge < -0.3 is 14.7 Å². The number of ether oxygens (including phenoxy) is 1. The minimum Gasteiger partial charge on any atom is -0.497 e. The molecule has 4 fully saturated rings. The van der Waals surface area contributed by atoms with Crippen LogP contribution >= 0.6 is 0 Å². The molecule has 146 valence electrons. The monoisotopic (exact) mass is 371 g/mol. The molecular formula is C22H29NO4. The molecule has 1 N–H and O–H groups in total. The van der Waals surface area contributed by atoms with Crippen molar-refractivity contribution in [2.24, 2.45) is 17.3 Å². The summed E-state index contributed by atoms with van der Waals surface area (Å²) in [4.78, 5) is 26.3. The van der Waals surface area contributed by atoms with Crippen LogP contribution in [-0.4, -0.2) is 42.1 Å². The Hall–Kier alpha value is -2.04. The van der Waals surface area contributed by atoms with Gasteiger partial charge in [-0.1, -0.05) is 12.1 Å². The van der Waals surface area contributed by atoms with Crippen LogP contribution in [0.1, 0.15) is 51.0 Å². The first-order valence-electron chi connectivity index (χ1n) is 9.93. The van der Waals surface area contributed by atoms with E-state index in [1.807, 2.05) is 12.1 Å². The Morgan fingerprint density at radius 1 is 1.15 bits per heavy atom. The Balaban J connectivity index is 1.67. The minimum absolute atomic E-state index is 0.0318. The van der Waals surface area contributed by atoms with Gasteiger partial charge in [0.15, 0.2) is 0 Å². The molecule has 4 aliphatic rings. The number of nitrogens with zero attached hydrogens (tertiary/aromatic N) is 1. The third-order valence-electron chi connectivity index (χ3n) is 7.48. The van der Waals surface area contributed by atoms with Gasteiger partial charge in [0.25, 0.3) is 0 Å². The fraction of sp³-hybridized carbons (Fsp3) is 0.636. The molecule has 5 heteroatoms. The van der Waals surface area contributed by atoms with Crippen LogP contribution in [0.3, 0.4) is 0 Å². The number of benzene rings is 1. The highest BCUT2D eigenvalue weighted by Gasteiger charge is 2.61. The number of rotatable bonds is 5. The maximum Gasteiger partial charge on any atom is 0.326 e. The number of likely N-dealkylation sites (N-methyl/N-ethyl adjacent to an activating group) is 1. The van der Waals surface area contributed by atoms with Crippen molar-refractivity contribution >= 4 is 11.9 Å². The predicted octanol–water partition coefficient (Wildman–Crippen LogP) is 3.46. The molecule has 5 rings (SSSR count). The highest BCUT2D eigenvalue weighted by atomic mass is 16.5. The number of carbonyl (C=O) groups excluding carboxylic acids is 1. The van der Waals surface area contributed by atoms with E-state index in [1.54, 1.807) is 21.1 Å². The van der Waals surface area contributed by atoms with Crippen molar-refractivity contribution in [3.8, 4) is 5.75 Å². The average Bonchev–Trinajstić information content (AvgIpc) is 2.65. The summed E-state index contributed by atoms with van der Waals surface area (Å²) in [6.07, 6.45) is 6.17. The second kappa shape index (κ2) is 6.25. The van der Waals surface area contributed by atoms with E-state index in [2.05, 4.69) is 12.1 Å². The van der Waals surface area contributed by atoms with Crippen molar-refractivity contribution in [3.63, 3.8) is 0 Å². The molecular weight excluding hydrogens is 342 g/mol. The van der Waals surface area contributed by atoms with Crippen molar-refractivity contribution in [2.75, 3.05) is 14.2 Å². The second-order valence-corrected chi connectivity index (χ2v) is 9.18. The van der Waals surface area contributed by atoms with Crippen LogP contribution in [0.25, 0.3) is 0 Å². The van der Waals surface area contributed by atoms with E-state index in [4.69, 9.17) is 4.74 Å². The van der Waals surface area contributed by atoms with Crippen molar-refractivity contribution in [2.45, 2.75) is 56.9 Å². The number of carboxylic acid groups (broad SMARTS) is 1. The van der Waals surface area contributed by atoms with E-state index >= 15 is 0 Å². The highest BCUT2D eigenvalue weighted by molar-refractivity contribution is 5.87. The van der Waals surface area contributed by atoms with E-state index < -0.39 is 17.4 Å². The van der Waals surface area contributed by atoms with Crippen LogP contribution in [0.15, 0.2) is 24.3 Å². The molecule has 4 bridgehead atoms. The van der Waals surface area contributed by atoms with Crippen LogP contribution in [0.2, 0.25) is 0 Å². The van der Waals surface area contributed by atoms with Gasteiger partial charge in [-0.3, -0.25) is 4.79 Å². The molecule has 5 nitrogen and oxygen atoms in total. The topological polar surface area (TPSA) is 66.8 Å².